The lowest BCUT2D eigenvalue weighted by Crippen LogP contribution is -1.95. The average molecular weight is 146 g/mol. The number of rotatable bonds is 2. The molecule has 0 N–H and O–H groups in total. The molecule has 0 atom stereocenters. The molecule has 3 heteroatoms. The van der Waals surface area contributed by atoms with E-state index in [0.29, 0.717) is 4.91 Å². The van der Waals surface area contributed by atoms with Gasteiger partial charge < -0.3 is 0 Å². The van der Waals surface area contributed by atoms with Crippen LogP contribution in [-0.2, 0) is 9.84 Å². The van der Waals surface area contributed by atoms with E-state index in [1.165, 1.54) is 25.3 Å². The van der Waals surface area contributed by atoms with Gasteiger partial charge in [0.25, 0.3) is 0 Å². The number of sulfone groups is 1. The average Bonchev–Trinajstić information content (AvgIpc) is 1.64. The first-order chi connectivity index (χ1) is 3.98. The fourth-order valence-electron chi connectivity index (χ4n) is 0.290. The second-order valence-corrected chi connectivity index (χ2v) is 3.97. The molecule has 0 bridgehead atoms. The lowest BCUT2D eigenvalue weighted by molar-refractivity contribution is 0.607. The van der Waals surface area contributed by atoms with Gasteiger partial charge >= 0.3 is 0 Å². The molecule has 0 aromatic carbocycles. The van der Waals surface area contributed by atoms with E-state index in [1.54, 1.807) is 0 Å². The SMILES string of the molecule is C=CC=C(C)S(C)(=O)=O. The third-order valence-corrected chi connectivity index (χ3v) is 2.24. The van der Waals surface area contributed by atoms with E-state index in [9.17, 15) is 8.42 Å². The van der Waals surface area contributed by atoms with Crippen molar-refractivity contribution in [2.24, 2.45) is 0 Å². The third-order valence-electron chi connectivity index (χ3n) is 0.937. The van der Waals surface area contributed by atoms with Crippen LogP contribution in [0.4, 0.5) is 0 Å². The summed E-state index contributed by atoms with van der Waals surface area (Å²) in [6.07, 6.45) is 4.09. The van der Waals surface area contributed by atoms with Crippen LogP contribution in [0, 0.1) is 0 Å². The molecule has 0 radical (unpaired) electrons. The van der Waals surface area contributed by atoms with Gasteiger partial charge in [-0.1, -0.05) is 12.7 Å². The van der Waals surface area contributed by atoms with Gasteiger partial charge in [-0.25, -0.2) is 8.42 Å². The first-order valence-corrected chi connectivity index (χ1v) is 4.37. The molecule has 0 saturated carbocycles. The molecule has 0 aromatic rings. The van der Waals surface area contributed by atoms with Crippen molar-refractivity contribution in [1.82, 2.24) is 0 Å². The van der Waals surface area contributed by atoms with Crippen LogP contribution in [0.3, 0.4) is 0 Å². The van der Waals surface area contributed by atoms with Gasteiger partial charge in [0.1, 0.15) is 0 Å². The quantitative estimate of drug-likeness (QED) is 0.547. The molecule has 0 saturated heterocycles. The highest BCUT2D eigenvalue weighted by Gasteiger charge is 2.01. The molecule has 52 valence electrons. The topological polar surface area (TPSA) is 34.1 Å². The number of hydrogen-bond donors (Lipinski definition) is 0. The molecule has 0 fully saturated rings. The minimum absolute atomic E-state index is 0.345. The summed E-state index contributed by atoms with van der Waals surface area (Å²) in [5, 5.41) is 0. The van der Waals surface area contributed by atoms with Crippen molar-refractivity contribution in [3.8, 4) is 0 Å². The van der Waals surface area contributed by atoms with Crippen molar-refractivity contribution in [3.63, 3.8) is 0 Å². The minimum atomic E-state index is -2.98. The van der Waals surface area contributed by atoms with Crippen LogP contribution in [0.15, 0.2) is 23.6 Å². The van der Waals surface area contributed by atoms with Crippen molar-refractivity contribution < 1.29 is 8.42 Å². The summed E-state index contributed by atoms with van der Waals surface area (Å²) in [6, 6.07) is 0. The molecule has 0 spiro atoms. The summed E-state index contributed by atoms with van der Waals surface area (Å²) in [4.78, 5) is 0.345. The zero-order chi connectivity index (χ0) is 7.49. The molecule has 0 aliphatic rings. The Labute approximate surface area is 55.8 Å². The molecular formula is C6H10O2S. The summed E-state index contributed by atoms with van der Waals surface area (Å²) < 4.78 is 21.2. The molecule has 2 nitrogen and oxygen atoms in total. The van der Waals surface area contributed by atoms with E-state index < -0.39 is 9.84 Å². The van der Waals surface area contributed by atoms with Gasteiger partial charge in [-0.05, 0) is 13.0 Å². The van der Waals surface area contributed by atoms with Gasteiger partial charge in [-0.3, -0.25) is 0 Å². The maximum absolute atomic E-state index is 10.6. The van der Waals surface area contributed by atoms with Gasteiger partial charge in [0.15, 0.2) is 9.84 Å². The van der Waals surface area contributed by atoms with Crippen LogP contribution < -0.4 is 0 Å². The molecule has 0 aliphatic carbocycles. The first kappa shape index (κ1) is 8.43. The molecule has 0 aromatic heterocycles. The van der Waals surface area contributed by atoms with Crippen LogP contribution in [0.1, 0.15) is 6.92 Å². The minimum Gasteiger partial charge on any atom is -0.224 e. The lowest BCUT2D eigenvalue weighted by Gasteiger charge is -1.91. The molecule has 0 heterocycles. The second-order valence-electron chi connectivity index (χ2n) is 1.79. The van der Waals surface area contributed by atoms with Crippen LogP contribution >= 0.6 is 0 Å². The van der Waals surface area contributed by atoms with E-state index in [1.807, 2.05) is 0 Å². The Bertz CT molecular complexity index is 221. The molecule has 0 unspecified atom stereocenters. The van der Waals surface area contributed by atoms with E-state index in [0.717, 1.165) is 0 Å². The highest BCUT2D eigenvalue weighted by molar-refractivity contribution is 7.94. The van der Waals surface area contributed by atoms with Crippen LogP contribution in [-0.4, -0.2) is 14.7 Å². The Balaban J connectivity index is 4.61. The highest BCUT2D eigenvalue weighted by Crippen LogP contribution is 2.00. The van der Waals surface area contributed by atoms with Gasteiger partial charge in [0, 0.05) is 11.2 Å². The Morgan fingerprint density at radius 2 is 2.00 bits per heavy atom. The largest absolute Gasteiger partial charge is 0.224 e. The van der Waals surface area contributed by atoms with E-state index in [4.69, 9.17) is 0 Å². The predicted molar refractivity (Wildman–Crippen MR) is 38.8 cm³/mol. The van der Waals surface area contributed by atoms with Crippen molar-refractivity contribution in [3.05, 3.63) is 23.6 Å². The smallest absolute Gasteiger partial charge is 0.171 e. The standard InChI is InChI=1S/C6H10O2S/c1-4-5-6(2)9(3,7)8/h4-5H,1H2,2-3H3. The van der Waals surface area contributed by atoms with E-state index in [-0.39, 0.29) is 0 Å². The summed E-state index contributed by atoms with van der Waals surface area (Å²) >= 11 is 0. The summed E-state index contributed by atoms with van der Waals surface area (Å²) in [5.41, 5.74) is 0. The third kappa shape index (κ3) is 3.08. The summed E-state index contributed by atoms with van der Waals surface area (Å²) in [7, 11) is -2.98. The van der Waals surface area contributed by atoms with E-state index in [2.05, 4.69) is 6.58 Å². The lowest BCUT2D eigenvalue weighted by atomic mass is 10.5. The molecule has 9 heavy (non-hydrogen) atoms. The van der Waals surface area contributed by atoms with Gasteiger partial charge in [0.2, 0.25) is 0 Å². The molecule has 0 aliphatic heterocycles. The van der Waals surface area contributed by atoms with Crippen molar-refractivity contribution >= 4 is 9.84 Å². The fraction of sp³-hybridized carbons (Fsp3) is 0.333. The van der Waals surface area contributed by atoms with Gasteiger partial charge in [-0.15, -0.1) is 0 Å². The predicted octanol–water partition coefficient (Wildman–Crippen LogP) is 1.12. The second kappa shape index (κ2) is 2.82. The number of hydrogen-bond acceptors (Lipinski definition) is 2. The molecular weight excluding hydrogens is 136 g/mol. The first-order valence-electron chi connectivity index (χ1n) is 2.48. The fourth-order valence-corrected chi connectivity index (χ4v) is 0.633. The zero-order valence-electron chi connectivity index (χ0n) is 5.59. The molecule has 0 rings (SSSR count). The van der Waals surface area contributed by atoms with E-state index >= 15 is 0 Å². The Hall–Kier alpha value is -0.570. The van der Waals surface area contributed by atoms with Gasteiger partial charge in [-0.2, -0.15) is 0 Å². The zero-order valence-corrected chi connectivity index (χ0v) is 6.40. The Kier molecular flexibility index (Phi) is 2.65. The highest BCUT2D eigenvalue weighted by atomic mass is 32.2. The van der Waals surface area contributed by atoms with Crippen molar-refractivity contribution in [2.45, 2.75) is 6.92 Å². The van der Waals surface area contributed by atoms with Crippen LogP contribution in [0.25, 0.3) is 0 Å². The molecule has 0 amide bonds. The van der Waals surface area contributed by atoms with Gasteiger partial charge in [0.05, 0.1) is 0 Å². The summed E-state index contributed by atoms with van der Waals surface area (Å²) in [5.74, 6) is 0. The van der Waals surface area contributed by atoms with Crippen LogP contribution in [0.2, 0.25) is 0 Å². The van der Waals surface area contributed by atoms with Crippen molar-refractivity contribution in [2.75, 3.05) is 6.26 Å². The monoisotopic (exact) mass is 146 g/mol. The Morgan fingerprint density at radius 1 is 1.56 bits per heavy atom. The summed E-state index contributed by atoms with van der Waals surface area (Å²) in [6.45, 7) is 4.91. The maximum atomic E-state index is 10.6. The Morgan fingerprint density at radius 3 is 2.11 bits per heavy atom. The normalized spacial score (nSPS) is 13.3. The van der Waals surface area contributed by atoms with Crippen LogP contribution in [0.5, 0.6) is 0 Å². The number of allylic oxidation sites excluding steroid dienone is 3. The van der Waals surface area contributed by atoms with Crippen molar-refractivity contribution in [1.29, 1.82) is 0 Å². The maximum Gasteiger partial charge on any atom is 0.171 e.